The molecule has 200 valence electrons. The number of anilines is 1. The van der Waals surface area contributed by atoms with Crippen molar-refractivity contribution >= 4 is 28.5 Å². The number of carbonyl (C=O) groups excluding carboxylic acids is 2. The quantitative estimate of drug-likeness (QED) is 0.538. The molecule has 1 saturated carbocycles. The van der Waals surface area contributed by atoms with E-state index in [-0.39, 0.29) is 24.5 Å². The van der Waals surface area contributed by atoms with Crippen LogP contribution in [-0.2, 0) is 17.3 Å². The summed E-state index contributed by atoms with van der Waals surface area (Å²) in [7, 11) is 5.24. The Bertz CT molecular complexity index is 1390. The van der Waals surface area contributed by atoms with Crippen LogP contribution in [0, 0.1) is 5.92 Å². The molecule has 9 nitrogen and oxygen atoms in total. The number of nitrogens with one attached hydrogen (secondary N) is 1. The Labute approximate surface area is 221 Å². The molecular weight excluding hydrogens is 484 g/mol. The lowest BCUT2D eigenvalue weighted by atomic mass is 9.68. The molecule has 1 saturated heterocycles. The van der Waals surface area contributed by atoms with Gasteiger partial charge in [0.1, 0.15) is 11.5 Å². The van der Waals surface area contributed by atoms with Crippen molar-refractivity contribution in [1.29, 1.82) is 0 Å². The monoisotopic (exact) mass is 518 g/mol. The van der Waals surface area contributed by atoms with Crippen LogP contribution in [0.15, 0.2) is 42.5 Å². The fourth-order valence-corrected chi connectivity index (χ4v) is 6.44. The zero-order chi connectivity index (χ0) is 26.6. The number of hydrogen-bond acceptors (Lipinski definition) is 5. The number of likely N-dealkylation sites (tertiary alicyclic amines) is 1. The van der Waals surface area contributed by atoms with Gasteiger partial charge in [-0.1, -0.05) is 6.42 Å². The van der Waals surface area contributed by atoms with Gasteiger partial charge in [0, 0.05) is 55.4 Å². The molecule has 1 aliphatic carbocycles. The molecule has 3 aromatic rings. The lowest BCUT2D eigenvalue weighted by Gasteiger charge is -2.56. The van der Waals surface area contributed by atoms with Gasteiger partial charge >= 0.3 is 6.03 Å². The van der Waals surface area contributed by atoms with Gasteiger partial charge in [0.05, 0.1) is 37.8 Å². The van der Waals surface area contributed by atoms with Crippen LogP contribution in [-0.4, -0.2) is 71.9 Å². The molecule has 0 radical (unpaired) electrons. The van der Waals surface area contributed by atoms with Crippen LogP contribution in [0.25, 0.3) is 10.9 Å². The molecule has 3 heterocycles. The fourth-order valence-electron chi connectivity index (χ4n) is 6.44. The van der Waals surface area contributed by atoms with E-state index >= 15 is 0 Å². The minimum Gasteiger partial charge on any atom is -0.497 e. The number of hydrogen-bond donors (Lipinski definition) is 2. The number of benzene rings is 2. The summed E-state index contributed by atoms with van der Waals surface area (Å²) in [6.45, 7) is 1.31. The van der Waals surface area contributed by atoms with Crippen LogP contribution in [0.3, 0.4) is 0 Å². The molecule has 2 fully saturated rings. The van der Waals surface area contributed by atoms with Crippen molar-refractivity contribution in [3.05, 3.63) is 53.7 Å². The first-order valence-electron chi connectivity index (χ1n) is 13.2. The zero-order valence-electron chi connectivity index (χ0n) is 22.1. The Morgan fingerprint density at radius 1 is 1.03 bits per heavy atom. The van der Waals surface area contributed by atoms with E-state index in [4.69, 9.17) is 9.47 Å². The SMILES string of the molecule is COc1ccc(NC(=O)N2CC3(C2)CN(C(=O)C2CCC2)[C@H](CO)c2c3c3ccc(OC)cc3n2C)cc1. The second kappa shape index (κ2) is 9.23. The molecule has 2 aliphatic heterocycles. The number of carbonyl (C=O) groups is 2. The second-order valence-electron chi connectivity index (χ2n) is 10.8. The number of aryl methyl sites for hydroxylation is 1. The first-order chi connectivity index (χ1) is 18.4. The average Bonchev–Trinajstić information content (AvgIpc) is 3.17. The summed E-state index contributed by atoms with van der Waals surface area (Å²) >= 11 is 0. The maximum absolute atomic E-state index is 13.6. The summed E-state index contributed by atoms with van der Waals surface area (Å²) in [4.78, 5) is 30.5. The van der Waals surface area contributed by atoms with Gasteiger partial charge in [-0.25, -0.2) is 4.79 Å². The number of nitrogens with zero attached hydrogens (tertiary/aromatic N) is 3. The molecule has 3 aliphatic rings. The summed E-state index contributed by atoms with van der Waals surface area (Å²) in [6, 6.07) is 12.7. The fraction of sp³-hybridized carbons (Fsp3) is 0.448. The summed E-state index contributed by atoms with van der Waals surface area (Å²) in [5.74, 6) is 1.61. The Balaban J connectivity index is 1.36. The Morgan fingerprint density at radius 2 is 1.71 bits per heavy atom. The average molecular weight is 519 g/mol. The van der Waals surface area contributed by atoms with Crippen molar-refractivity contribution in [3.63, 3.8) is 0 Å². The summed E-state index contributed by atoms with van der Waals surface area (Å²) in [6.07, 6.45) is 2.86. The highest BCUT2D eigenvalue weighted by Crippen LogP contribution is 2.50. The molecular formula is C29H34N4O5. The molecule has 1 atom stereocenters. The molecule has 6 rings (SSSR count). The highest BCUT2D eigenvalue weighted by atomic mass is 16.5. The number of fused-ring (bicyclic) bond motifs is 4. The summed E-state index contributed by atoms with van der Waals surface area (Å²) < 4.78 is 12.8. The highest BCUT2D eigenvalue weighted by molar-refractivity contribution is 5.93. The molecule has 38 heavy (non-hydrogen) atoms. The largest absolute Gasteiger partial charge is 0.497 e. The van der Waals surface area contributed by atoms with E-state index < -0.39 is 11.5 Å². The van der Waals surface area contributed by atoms with Crippen LogP contribution >= 0.6 is 0 Å². The number of aromatic nitrogens is 1. The maximum Gasteiger partial charge on any atom is 0.321 e. The van der Waals surface area contributed by atoms with E-state index in [1.165, 1.54) is 0 Å². The molecule has 0 unspecified atom stereocenters. The standard InChI is InChI=1S/C29H34N4O5/c1-31-23-13-21(38-3)11-12-22(23)25-26(31)24(14-34)33(27(35)18-5-4-6-18)17-29(25)15-32(16-29)28(36)30-19-7-9-20(37-2)10-8-19/h7-13,18,24,34H,4-6,14-17H2,1-3H3,(H,30,36)/t24-/m1/s1. The summed E-state index contributed by atoms with van der Waals surface area (Å²) in [5, 5.41) is 14.6. The van der Waals surface area contributed by atoms with Gasteiger partial charge in [0.25, 0.3) is 0 Å². The number of ether oxygens (including phenoxy) is 2. The van der Waals surface area contributed by atoms with E-state index in [1.807, 2.05) is 48.3 Å². The third kappa shape index (κ3) is 3.71. The van der Waals surface area contributed by atoms with Crippen molar-refractivity contribution in [2.75, 3.05) is 45.8 Å². The van der Waals surface area contributed by atoms with E-state index in [9.17, 15) is 14.7 Å². The minimum atomic E-state index is -0.422. The third-order valence-corrected chi connectivity index (χ3v) is 8.67. The van der Waals surface area contributed by atoms with Gasteiger partial charge in [-0.3, -0.25) is 4.79 Å². The number of aliphatic hydroxyl groups excluding tert-OH is 1. The van der Waals surface area contributed by atoms with E-state index in [0.717, 1.165) is 52.9 Å². The highest BCUT2D eigenvalue weighted by Gasteiger charge is 2.56. The van der Waals surface area contributed by atoms with E-state index in [1.54, 1.807) is 19.1 Å². The van der Waals surface area contributed by atoms with Crippen LogP contribution in [0.4, 0.5) is 10.5 Å². The van der Waals surface area contributed by atoms with Crippen LogP contribution < -0.4 is 14.8 Å². The topological polar surface area (TPSA) is 96.3 Å². The predicted molar refractivity (Wildman–Crippen MR) is 144 cm³/mol. The Hall–Kier alpha value is -3.72. The van der Waals surface area contributed by atoms with E-state index in [2.05, 4.69) is 16.0 Å². The first-order valence-corrected chi connectivity index (χ1v) is 13.2. The van der Waals surface area contributed by atoms with Crippen molar-refractivity contribution in [2.24, 2.45) is 13.0 Å². The van der Waals surface area contributed by atoms with Crippen LogP contribution in [0.2, 0.25) is 0 Å². The van der Waals surface area contributed by atoms with Gasteiger partial charge in [-0.15, -0.1) is 0 Å². The Kier molecular flexibility index (Phi) is 5.98. The molecule has 1 aromatic heterocycles. The number of rotatable bonds is 5. The lowest BCUT2D eigenvalue weighted by molar-refractivity contribution is -0.145. The van der Waals surface area contributed by atoms with Gasteiger partial charge in [-0.2, -0.15) is 0 Å². The third-order valence-electron chi connectivity index (χ3n) is 8.67. The second-order valence-corrected chi connectivity index (χ2v) is 10.8. The molecule has 3 amide bonds. The molecule has 9 heteroatoms. The van der Waals surface area contributed by atoms with Gasteiger partial charge in [0.15, 0.2) is 0 Å². The summed E-state index contributed by atoms with van der Waals surface area (Å²) in [5.41, 5.74) is 3.35. The normalized spacial score (nSPS) is 20.1. The predicted octanol–water partition coefficient (Wildman–Crippen LogP) is 3.66. The molecule has 1 spiro atoms. The van der Waals surface area contributed by atoms with Crippen molar-refractivity contribution in [1.82, 2.24) is 14.4 Å². The van der Waals surface area contributed by atoms with Gasteiger partial charge < -0.3 is 34.3 Å². The van der Waals surface area contributed by atoms with E-state index in [0.29, 0.717) is 25.3 Å². The van der Waals surface area contributed by atoms with Gasteiger partial charge in [0.2, 0.25) is 5.91 Å². The van der Waals surface area contributed by atoms with Crippen LogP contribution in [0.5, 0.6) is 11.5 Å². The van der Waals surface area contributed by atoms with Crippen LogP contribution in [0.1, 0.15) is 36.6 Å². The first kappa shape index (κ1) is 24.6. The number of amides is 3. The maximum atomic E-state index is 13.6. The number of methoxy groups -OCH3 is 2. The Morgan fingerprint density at radius 3 is 2.32 bits per heavy atom. The number of aliphatic hydroxyl groups is 1. The van der Waals surface area contributed by atoms with Crippen molar-refractivity contribution < 1.29 is 24.2 Å². The minimum absolute atomic E-state index is 0.0204. The smallest absolute Gasteiger partial charge is 0.321 e. The molecule has 2 N–H and O–H groups in total. The molecule has 0 bridgehead atoms. The van der Waals surface area contributed by atoms with Crippen molar-refractivity contribution in [3.8, 4) is 11.5 Å². The van der Waals surface area contributed by atoms with Gasteiger partial charge in [-0.05, 0) is 54.8 Å². The molecule has 2 aromatic carbocycles. The number of urea groups is 1. The lowest BCUT2D eigenvalue weighted by Crippen LogP contribution is -2.69. The zero-order valence-corrected chi connectivity index (χ0v) is 22.1. The van der Waals surface area contributed by atoms with Crippen molar-refractivity contribution in [2.45, 2.75) is 30.7 Å².